The van der Waals surface area contributed by atoms with E-state index in [2.05, 4.69) is 19.9 Å². The van der Waals surface area contributed by atoms with Crippen molar-refractivity contribution in [3.05, 3.63) is 11.6 Å². The Hall–Kier alpha value is -0.790. The van der Waals surface area contributed by atoms with E-state index < -0.39 is 0 Å². The molecule has 0 unspecified atom stereocenters. The number of hydrogen-bond acceptors (Lipinski definition) is 2. The van der Waals surface area contributed by atoms with Crippen LogP contribution in [0.5, 0.6) is 0 Å². The summed E-state index contributed by atoms with van der Waals surface area (Å²) in [5.41, 5.74) is 1.27. The Bertz CT molecular complexity index is 238. The lowest BCUT2D eigenvalue weighted by atomic mass is 9.75. The Labute approximate surface area is 80.0 Å². The van der Waals surface area contributed by atoms with Gasteiger partial charge in [0.2, 0.25) is 0 Å². The van der Waals surface area contributed by atoms with Crippen LogP contribution in [0.4, 0.5) is 0 Å². The monoisotopic (exact) mass is 182 g/mol. The summed E-state index contributed by atoms with van der Waals surface area (Å²) in [5.74, 6) is -0.187. The minimum absolute atomic E-state index is 0.0289. The molecular formula is C11H18O2. The molecule has 13 heavy (non-hydrogen) atoms. The first-order valence-corrected chi connectivity index (χ1v) is 4.77. The van der Waals surface area contributed by atoms with Crippen LogP contribution in [-0.4, -0.2) is 12.1 Å². The highest BCUT2D eigenvalue weighted by Gasteiger charge is 2.35. The van der Waals surface area contributed by atoms with Crippen LogP contribution in [-0.2, 0) is 9.53 Å². The molecule has 0 aromatic carbocycles. The third kappa shape index (κ3) is 2.33. The molecule has 1 aliphatic rings. The quantitative estimate of drug-likeness (QED) is 0.460. The average Bonchev–Trinajstić information content (AvgIpc) is 1.96. The average molecular weight is 182 g/mol. The number of ether oxygens (including phenoxy) is 1. The van der Waals surface area contributed by atoms with Crippen LogP contribution in [0.3, 0.4) is 0 Å². The van der Waals surface area contributed by atoms with E-state index in [9.17, 15) is 4.79 Å². The fourth-order valence-electron chi connectivity index (χ4n) is 1.94. The van der Waals surface area contributed by atoms with Crippen molar-refractivity contribution in [1.82, 2.24) is 0 Å². The highest BCUT2D eigenvalue weighted by atomic mass is 16.5. The molecule has 0 spiro atoms. The normalized spacial score (nSPS) is 26.5. The van der Waals surface area contributed by atoms with Gasteiger partial charge in [0, 0.05) is 12.3 Å². The molecule has 2 heteroatoms. The summed E-state index contributed by atoms with van der Waals surface area (Å²) in [6, 6.07) is 0. The molecule has 1 aliphatic carbocycles. The van der Waals surface area contributed by atoms with E-state index in [1.807, 2.05) is 6.92 Å². The van der Waals surface area contributed by atoms with Gasteiger partial charge in [-0.15, -0.1) is 0 Å². The van der Waals surface area contributed by atoms with Gasteiger partial charge >= 0.3 is 5.97 Å². The standard InChI is InChI=1S/C11H18O2/c1-8-6-5-7-11(3,4)10(8)13-9(2)12/h6,10H,5,7H2,1-4H3/t10-/m1/s1. The Kier molecular flexibility index (Phi) is 2.79. The third-order valence-electron chi connectivity index (χ3n) is 2.66. The topological polar surface area (TPSA) is 26.3 Å². The van der Waals surface area contributed by atoms with E-state index in [4.69, 9.17) is 4.74 Å². The van der Waals surface area contributed by atoms with Gasteiger partial charge in [-0.05, 0) is 25.3 Å². The fourth-order valence-corrected chi connectivity index (χ4v) is 1.94. The molecule has 0 saturated heterocycles. The van der Waals surface area contributed by atoms with E-state index >= 15 is 0 Å². The molecule has 0 heterocycles. The summed E-state index contributed by atoms with van der Waals surface area (Å²) in [6.07, 6.45) is 4.32. The van der Waals surface area contributed by atoms with Crippen molar-refractivity contribution in [2.45, 2.75) is 46.6 Å². The molecule has 0 aliphatic heterocycles. The van der Waals surface area contributed by atoms with Crippen LogP contribution in [0.2, 0.25) is 0 Å². The number of allylic oxidation sites excluding steroid dienone is 1. The van der Waals surface area contributed by atoms with Crippen molar-refractivity contribution < 1.29 is 9.53 Å². The Morgan fingerprint density at radius 2 is 2.23 bits per heavy atom. The van der Waals surface area contributed by atoms with E-state index in [0.717, 1.165) is 12.8 Å². The van der Waals surface area contributed by atoms with Gasteiger partial charge < -0.3 is 4.74 Å². The smallest absolute Gasteiger partial charge is 0.303 e. The number of rotatable bonds is 1. The maximum atomic E-state index is 10.9. The molecule has 0 radical (unpaired) electrons. The summed E-state index contributed by atoms with van der Waals surface area (Å²) >= 11 is 0. The number of esters is 1. The first-order chi connectivity index (χ1) is 5.93. The van der Waals surface area contributed by atoms with Gasteiger partial charge in [-0.1, -0.05) is 19.9 Å². The zero-order chi connectivity index (χ0) is 10.1. The summed E-state index contributed by atoms with van der Waals surface area (Å²) in [7, 11) is 0. The number of carbonyl (C=O) groups is 1. The molecular weight excluding hydrogens is 164 g/mol. The van der Waals surface area contributed by atoms with Gasteiger partial charge in [0.25, 0.3) is 0 Å². The lowest BCUT2D eigenvalue weighted by Crippen LogP contribution is -2.36. The SMILES string of the molecule is CC(=O)O[C@@H]1C(C)=CCCC1(C)C. The molecule has 0 saturated carbocycles. The van der Waals surface area contributed by atoms with Crippen molar-refractivity contribution in [1.29, 1.82) is 0 Å². The lowest BCUT2D eigenvalue weighted by molar-refractivity contribution is -0.150. The number of carbonyl (C=O) groups excluding carboxylic acids is 1. The van der Waals surface area contributed by atoms with Crippen LogP contribution in [0.15, 0.2) is 11.6 Å². The zero-order valence-corrected chi connectivity index (χ0v) is 8.89. The van der Waals surface area contributed by atoms with Crippen molar-refractivity contribution in [3.8, 4) is 0 Å². The van der Waals surface area contributed by atoms with Crippen LogP contribution < -0.4 is 0 Å². The molecule has 0 bridgehead atoms. The van der Waals surface area contributed by atoms with Gasteiger partial charge in [-0.25, -0.2) is 0 Å². The van der Waals surface area contributed by atoms with E-state index in [-0.39, 0.29) is 17.5 Å². The third-order valence-corrected chi connectivity index (χ3v) is 2.66. The predicted molar refractivity (Wildman–Crippen MR) is 52.3 cm³/mol. The highest BCUT2D eigenvalue weighted by molar-refractivity contribution is 5.66. The van der Waals surface area contributed by atoms with Gasteiger partial charge in [0.1, 0.15) is 6.10 Å². The van der Waals surface area contributed by atoms with Crippen molar-refractivity contribution >= 4 is 5.97 Å². The molecule has 0 amide bonds. The minimum Gasteiger partial charge on any atom is -0.457 e. The van der Waals surface area contributed by atoms with Gasteiger partial charge in [-0.2, -0.15) is 0 Å². The second-order valence-electron chi connectivity index (χ2n) is 4.46. The fraction of sp³-hybridized carbons (Fsp3) is 0.727. The summed E-state index contributed by atoms with van der Waals surface area (Å²) in [4.78, 5) is 10.9. The van der Waals surface area contributed by atoms with E-state index in [1.54, 1.807) is 0 Å². The second-order valence-corrected chi connectivity index (χ2v) is 4.46. The maximum Gasteiger partial charge on any atom is 0.303 e. The van der Waals surface area contributed by atoms with E-state index in [0.29, 0.717) is 0 Å². The molecule has 2 nitrogen and oxygen atoms in total. The minimum atomic E-state index is -0.187. The molecule has 74 valence electrons. The summed E-state index contributed by atoms with van der Waals surface area (Å²) in [6.45, 7) is 7.81. The maximum absolute atomic E-state index is 10.9. The van der Waals surface area contributed by atoms with Crippen molar-refractivity contribution in [3.63, 3.8) is 0 Å². The predicted octanol–water partition coefficient (Wildman–Crippen LogP) is 2.68. The first-order valence-electron chi connectivity index (χ1n) is 4.77. The summed E-state index contributed by atoms with van der Waals surface area (Å²) in [5, 5.41) is 0. The molecule has 0 fully saturated rings. The van der Waals surface area contributed by atoms with Crippen LogP contribution in [0.25, 0.3) is 0 Å². The highest BCUT2D eigenvalue weighted by Crippen LogP contribution is 2.37. The van der Waals surface area contributed by atoms with Gasteiger partial charge in [-0.3, -0.25) is 4.79 Å². The van der Waals surface area contributed by atoms with Crippen LogP contribution >= 0.6 is 0 Å². The van der Waals surface area contributed by atoms with Crippen LogP contribution in [0.1, 0.15) is 40.5 Å². The Morgan fingerprint density at radius 3 is 2.69 bits per heavy atom. The van der Waals surface area contributed by atoms with Gasteiger partial charge in [0.15, 0.2) is 0 Å². The van der Waals surface area contributed by atoms with Crippen molar-refractivity contribution in [2.75, 3.05) is 0 Å². The van der Waals surface area contributed by atoms with Crippen LogP contribution in [0, 0.1) is 5.41 Å². The van der Waals surface area contributed by atoms with Gasteiger partial charge in [0.05, 0.1) is 0 Å². The summed E-state index contributed by atoms with van der Waals surface area (Å²) < 4.78 is 5.31. The molecule has 0 N–H and O–H groups in total. The lowest BCUT2D eigenvalue weighted by Gasteiger charge is -2.37. The molecule has 1 atom stereocenters. The molecule has 0 aromatic heterocycles. The van der Waals surface area contributed by atoms with E-state index in [1.165, 1.54) is 12.5 Å². The second kappa shape index (κ2) is 3.52. The first kappa shape index (κ1) is 10.3. The van der Waals surface area contributed by atoms with Crippen molar-refractivity contribution in [2.24, 2.45) is 5.41 Å². The zero-order valence-electron chi connectivity index (χ0n) is 8.89. The Balaban J connectivity index is 2.81. The molecule has 0 aromatic rings. The largest absolute Gasteiger partial charge is 0.457 e. The Morgan fingerprint density at radius 1 is 1.62 bits per heavy atom. The number of hydrogen-bond donors (Lipinski definition) is 0. The molecule has 1 rings (SSSR count).